The molecule has 1 aliphatic rings. The predicted octanol–water partition coefficient (Wildman–Crippen LogP) is 14.3. The lowest BCUT2D eigenvalue weighted by molar-refractivity contribution is 0.619. The van der Waals surface area contributed by atoms with Gasteiger partial charge in [0.2, 0.25) is 5.89 Å². The van der Waals surface area contributed by atoms with E-state index >= 15 is 0 Å². The van der Waals surface area contributed by atoms with Crippen molar-refractivity contribution in [2.24, 2.45) is 0 Å². The molecule has 12 aromatic rings. The van der Waals surface area contributed by atoms with Gasteiger partial charge in [-0.2, -0.15) is 4.98 Å². The summed E-state index contributed by atoms with van der Waals surface area (Å²) in [6, 6.07) is 70.7. The molecule has 7 heteroatoms. The summed E-state index contributed by atoms with van der Waals surface area (Å²) >= 11 is 0. The molecule has 61 heavy (non-hydrogen) atoms. The number of anilines is 6. The van der Waals surface area contributed by atoms with Gasteiger partial charge in [-0.25, -0.2) is 4.98 Å². The third-order valence-corrected chi connectivity index (χ3v) is 12.1. The summed E-state index contributed by atoms with van der Waals surface area (Å²) in [7, 11) is 0. The van der Waals surface area contributed by atoms with E-state index in [2.05, 4.69) is 219 Å². The van der Waals surface area contributed by atoms with Gasteiger partial charge in [0, 0.05) is 55.9 Å². The molecule has 0 spiro atoms. The normalized spacial score (nSPS) is 12.2. The van der Waals surface area contributed by atoms with Gasteiger partial charge in [0.1, 0.15) is 0 Å². The monoisotopic (exact) mass is 782 g/mol. The number of pyridine rings is 1. The summed E-state index contributed by atoms with van der Waals surface area (Å²) in [5.74, 6) is 0.529. The first-order valence-electron chi connectivity index (χ1n) is 20.5. The van der Waals surface area contributed by atoms with Gasteiger partial charge < -0.3 is 23.4 Å². The molecular weight excluding hydrogens is 749 g/mol. The molecule has 0 aliphatic carbocycles. The van der Waals surface area contributed by atoms with Crippen LogP contribution in [-0.4, -0.2) is 19.1 Å². The highest BCUT2D eigenvalue weighted by Crippen LogP contribution is 2.50. The summed E-state index contributed by atoms with van der Waals surface area (Å²) in [6.45, 7) is 0. The average molecular weight is 783 g/mol. The lowest BCUT2D eigenvalue weighted by atomic mass is 10.1. The number of oxazole rings is 1. The molecule has 0 saturated heterocycles. The Morgan fingerprint density at radius 1 is 0.426 bits per heavy atom. The minimum atomic E-state index is 0.529. The van der Waals surface area contributed by atoms with Crippen molar-refractivity contribution in [3.8, 4) is 22.8 Å². The maximum absolute atomic E-state index is 6.53. The third kappa shape index (κ3) is 5.04. The van der Waals surface area contributed by atoms with Gasteiger partial charge in [0.15, 0.2) is 11.2 Å². The number of nitrogens with zero attached hydrogens (tertiary/aromatic N) is 6. The molecule has 0 unspecified atom stereocenters. The molecule has 1 aliphatic heterocycles. The molecule has 4 aromatic heterocycles. The van der Waals surface area contributed by atoms with Crippen LogP contribution >= 0.6 is 0 Å². The number of benzene rings is 8. The summed E-state index contributed by atoms with van der Waals surface area (Å²) in [6.07, 6.45) is 1.90. The first-order chi connectivity index (χ1) is 30.3. The maximum atomic E-state index is 6.53. The number of hydrogen-bond donors (Lipinski definition) is 0. The zero-order valence-corrected chi connectivity index (χ0v) is 32.7. The number of para-hydroxylation sites is 7. The minimum absolute atomic E-state index is 0.529. The molecule has 8 aromatic carbocycles. The Morgan fingerprint density at radius 3 is 1.79 bits per heavy atom. The van der Waals surface area contributed by atoms with Gasteiger partial charge in [-0.3, -0.25) is 0 Å². The first kappa shape index (κ1) is 33.5. The molecule has 0 amide bonds. The van der Waals surface area contributed by atoms with Crippen molar-refractivity contribution in [1.29, 1.82) is 0 Å². The van der Waals surface area contributed by atoms with Crippen LogP contribution < -0.4 is 9.80 Å². The van der Waals surface area contributed by atoms with Gasteiger partial charge in [-0.15, -0.1) is 0 Å². The van der Waals surface area contributed by atoms with Crippen LogP contribution in [0.3, 0.4) is 0 Å². The molecular formula is C54H34N6O. The van der Waals surface area contributed by atoms with E-state index in [1.807, 2.05) is 6.20 Å². The Balaban J connectivity index is 0.878. The Hall–Kier alpha value is -8.42. The lowest BCUT2D eigenvalue weighted by Crippen LogP contribution is -2.18. The summed E-state index contributed by atoms with van der Waals surface area (Å²) < 4.78 is 11.2. The zero-order valence-electron chi connectivity index (χ0n) is 32.7. The van der Waals surface area contributed by atoms with Crippen molar-refractivity contribution in [3.63, 3.8) is 0 Å². The topological polar surface area (TPSA) is 55.3 Å². The Bertz CT molecular complexity index is 3620. The number of fused-ring (bicyclic) bond motifs is 9. The number of aromatic nitrogens is 4. The third-order valence-electron chi connectivity index (χ3n) is 12.1. The Labute approximate surface area is 350 Å². The van der Waals surface area contributed by atoms with Crippen molar-refractivity contribution < 1.29 is 4.42 Å². The standard InChI is InChI=1S/C54H34N6O/c1-3-14-36(15-4-1)57(37-16-5-2-6-17-37)39-30-31-47-44(32-39)42-19-8-9-21-45(42)58(47)38-28-26-35(27-29-38)54-56-53-51(61-54)33-40(34-55-53)59-48-23-11-12-24-49(48)60-46-22-10-7-18-41(46)43-20-13-25-50(59)52(43)60/h1-34H. The van der Waals surface area contributed by atoms with Gasteiger partial charge in [0.05, 0.1) is 51.0 Å². The van der Waals surface area contributed by atoms with Crippen LogP contribution in [-0.2, 0) is 0 Å². The average Bonchev–Trinajstić information content (AvgIpc) is 4.01. The van der Waals surface area contributed by atoms with Crippen LogP contribution in [0.15, 0.2) is 211 Å². The van der Waals surface area contributed by atoms with Crippen LogP contribution in [0.2, 0.25) is 0 Å². The quantitative estimate of drug-likeness (QED) is 0.168. The zero-order chi connectivity index (χ0) is 40.0. The van der Waals surface area contributed by atoms with Crippen molar-refractivity contribution >= 4 is 89.0 Å². The van der Waals surface area contributed by atoms with Crippen molar-refractivity contribution in [2.45, 2.75) is 0 Å². The highest BCUT2D eigenvalue weighted by Gasteiger charge is 2.29. The Kier molecular flexibility index (Phi) is 7.17. The van der Waals surface area contributed by atoms with Gasteiger partial charge >= 0.3 is 0 Å². The van der Waals surface area contributed by atoms with E-state index in [4.69, 9.17) is 14.4 Å². The fraction of sp³-hybridized carbons (Fsp3) is 0. The second-order valence-corrected chi connectivity index (χ2v) is 15.5. The van der Waals surface area contributed by atoms with Crippen LogP contribution in [0.25, 0.3) is 77.7 Å². The van der Waals surface area contributed by atoms with E-state index in [1.54, 1.807) is 0 Å². The van der Waals surface area contributed by atoms with Gasteiger partial charge in [-0.05, 0) is 97.1 Å². The largest absolute Gasteiger partial charge is 0.434 e. The number of rotatable bonds is 6. The predicted molar refractivity (Wildman–Crippen MR) is 249 cm³/mol. The molecule has 0 N–H and O–H groups in total. The van der Waals surface area contributed by atoms with Crippen molar-refractivity contribution in [1.82, 2.24) is 19.1 Å². The highest BCUT2D eigenvalue weighted by molar-refractivity contribution is 6.16. The number of hydrogen-bond acceptors (Lipinski definition) is 5. The molecule has 7 nitrogen and oxygen atoms in total. The molecule has 5 heterocycles. The van der Waals surface area contributed by atoms with Crippen LogP contribution in [0.1, 0.15) is 0 Å². The SMILES string of the molecule is c1ccc(N(c2ccccc2)c2ccc3c(c2)c2ccccc2n3-c2ccc(-c3nc4ncc(N5c6ccccc6-n6c7ccccc7c7cccc5c76)cc4o3)cc2)cc1. The van der Waals surface area contributed by atoms with Gasteiger partial charge in [-0.1, -0.05) is 97.1 Å². The molecule has 0 bridgehead atoms. The van der Waals surface area contributed by atoms with E-state index < -0.39 is 0 Å². The Morgan fingerprint density at radius 2 is 1.03 bits per heavy atom. The van der Waals surface area contributed by atoms with Crippen LogP contribution in [0.5, 0.6) is 0 Å². The fourth-order valence-corrected chi connectivity index (χ4v) is 9.47. The maximum Gasteiger partial charge on any atom is 0.228 e. The molecule has 0 atom stereocenters. The van der Waals surface area contributed by atoms with Gasteiger partial charge in [0.25, 0.3) is 0 Å². The van der Waals surface area contributed by atoms with E-state index in [0.717, 1.165) is 62.1 Å². The lowest BCUT2D eigenvalue weighted by Gasteiger charge is -2.32. The van der Waals surface area contributed by atoms with Crippen molar-refractivity contribution in [3.05, 3.63) is 206 Å². The molecule has 0 fully saturated rings. The molecule has 0 saturated carbocycles. The van der Waals surface area contributed by atoms with E-state index in [-0.39, 0.29) is 0 Å². The van der Waals surface area contributed by atoms with E-state index in [1.165, 1.54) is 32.6 Å². The molecule has 0 radical (unpaired) electrons. The smallest absolute Gasteiger partial charge is 0.228 e. The molecule has 13 rings (SSSR count). The summed E-state index contributed by atoms with van der Waals surface area (Å²) in [5.41, 5.74) is 15.3. The highest BCUT2D eigenvalue weighted by atomic mass is 16.3. The summed E-state index contributed by atoms with van der Waals surface area (Å²) in [4.78, 5) is 14.3. The van der Waals surface area contributed by atoms with Crippen LogP contribution in [0, 0.1) is 0 Å². The molecule has 286 valence electrons. The second kappa shape index (κ2) is 13.0. The summed E-state index contributed by atoms with van der Waals surface area (Å²) in [5, 5.41) is 4.83. The van der Waals surface area contributed by atoms with E-state index in [0.29, 0.717) is 17.1 Å². The van der Waals surface area contributed by atoms with Crippen LogP contribution in [0.4, 0.5) is 34.1 Å². The van der Waals surface area contributed by atoms with E-state index in [9.17, 15) is 0 Å². The van der Waals surface area contributed by atoms with Crippen molar-refractivity contribution in [2.75, 3.05) is 9.80 Å². The second-order valence-electron chi connectivity index (χ2n) is 15.5. The fourth-order valence-electron chi connectivity index (χ4n) is 9.47. The minimum Gasteiger partial charge on any atom is -0.434 e. The first-order valence-corrected chi connectivity index (χ1v) is 20.5.